The molecular formula is C26H24N2. The predicted molar refractivity (Wildman–Crippen MR) is 117 cm³/mol. The Kier molecular flexibility index (Phi) is 3.67. The maximum absolute atomic E-state index is 5.10. The van der Waals surface area contributed by atoms with Crippen LogP contribution in [0.1, 0.15) is 50.4 Å². The van der Waals surface area contributed by atoms with E-state index in [2.05, 4.69) is 76.2 Å². The summed E-state index contributed by atoms with van der Waals surface area (Å²) < 4.78 is 0. The molecular weight excluding hydrogens is 340 g/mol. The van der Waals surface area contributed by atoms with Crippen molar-refractivity contribution in [2.24, 2.45) is 0 Å². The fourth-order valence-corrected chi connectivity index (χ4v) is 4.57. The van der Waals surface area contributed by atoms with Crippen molar-refractivity contribution >= 4 is 11.0 Å². The molecule has 0 amide bonds. The van der Waals surface area contributed by atoms with Crippen LogP contribution in [0.15, 0.2) is 66.7 Å². The number of nitrogens with zero attached hydrogens (tertiary/aromatic N) is 2. The molecule has 138 valence electrons. The number of benzene rings is 3. The lowest BCUT2D eigenvalue weighted by Crippen LogP contribution is -2.14. The molecule has 0 saturated heterocycles. The molecule has 1 aliphatic rings. The van der Waals surface area contributed by atoms with E-state index < -0.39 is 0 Å². The van der Waals surface area contributed by atoms with Crippen LogP contribution in [0.3, 0.4) is 0 Å². The minimum atomic E-state index is -0.00971. The van der Waals surface area contributed by atoms with Crippen LogP contribution in [-0.4, -0.2) is 9.97 Å². The van der Waals surface area contributed by atoms with Gasteiger partial charge in [0.25, 0.3) is 0 Å². The number of aromatic nitrogens is 2. The summed E-state index contributed by atoms with van der Waals surface area (Å²) >= 11 is 0. The van der Waals surface area contributed by atoms with Gasteiger partial charge in [-0.1, -0.05) is 82.3 Å². The van der Waals surface area contributed by atoms with E-state index in [4.69, 9.17) is 9.97 Å². The lowest BCUT2D eigenvalue weighted by Gasteiger charge is -2.22. The normalized spacial score (nSPS) is 14.3. The zero-order valence-electron chi connectivity index (χ0n) is 16.8. The monoisotopic (exact) mass is 364 g/mol. The number of para-hydroxylation sites is 2. The molecule has 4 aromatic rings. The third kappa shape index (κ3) is 2.34. The van der Waals surface area contributed by atoms with E-state index in [1.54, 1.807) is 0 Å². The van der Waals surface area contributed by atoms with Gasteiger partial charge in [0.2, 0.25) is 0 Å². The second-order valence-electron chi connectivity index (χ2n) is 8.50. The zero-order valence-corrected chi connectivity index (χ0v) is 16.8. The summed E-state index contributed by atoms with van der Waals surface area (Å²) in [5.41, 5.74) is 10.6. The Morgan fingerprint density at radius 2 is 1.29 bits per heavy atom. The minimum absolute atomic E-state index is 0.00971. The van der Waals surface area contributed by atoms with Crippen molar-refractivity contribution in [3.63, 3.8) is 0 Å². The van der Waals surface area contributed by atoms with Crippen LogP contribution in [0.2, 0.25) is 0 Å². The summed E-state index contributed by atoms with van der Waals surface area (Å²) in [6.45, 7) is 9.03. The van der Waals surface area contributed by atoms with E-state index in [9.17, 15) is 0 Å². The molecule has 1 heterocycles. The molecule has 2 heteroatoms. The molecule has 1 aromatic heterocycles. The molecule has 0 N–H and O–H groups in total. The first-order chi connectivity index (χ1) is 13.5. The summed E-state index contributed by atoms with van der Waals surface area (Å²) in [7, 11) is 0. The van der Waals surface area contributed by atoms with Gasteiger partial charge in [0.15, 0.2) is 0 Å². The molecule has 0 fully saturated rings. The van der Waals surface area contributed by atoms with Gasteiger partial charge < -0.3 is 0 Å². The molecule has 2 nitrogen and oxygen atoms in total. The Bertz CT molecular complexity index is 1220. The van der Waals surface area contributed by atoms with Crippen LogP contribution in [0, 0.1) is 0 Å². The molecule has 0 radical (unpaired) electrons. The largest absolute Gasteiger partial charge is 0.249 e. The maximum atomic E-state index is 5.10. The van der Waals surface area contributed by atoms with E-state index in [1.165, 1.54) is 27.8 Å². The fourth-order valence-electron chi connectivity index (χ4n) is 4.57. The molecule has 0 aliphatic heterocycles. The molecule has 28 heavy (non-hydrogen) atoms. The van der Waals surface area contributed by atoms with Crippen LogP contribution < -0.4 is 0 Å². The zero-order chi connectivity index (χ0) is 19.5. The Morgan fingerprint density at radius 3 is 2.04 bits per heavy atom. The summed E-state index contributed by atoms with van der Waals surface area (Å²) in [4.78, 5) is 10.1. The van der Waals surface area contributed by atoms with Crippen molar-refractivity contribution in [1.82, 2.24) is 9.97 Å². The van der Waals surface area contributed by atoms with Crippen LogP contribution in [0.25, 0.3) is 33.4 Å². The smallest absolute Gasteiger partial charge is 0.0934 e. The van der Waals surface area contributed by atoms with Gasteiger partial charge in [0.05, 0.1) is 22.4 Å². The van der Waals surface area contributed by atoms with E-state index >= 15 is 0 Å². The van der Waals surface area contributed by atoms with Crippen molar-refractivity contribution in [3.05, 3.63) is 83.6 Å². The quantitative estimate of drug-likeness (QED) is 0.394. The minimum Gasteiger partial charge on any atom is -0.249 e. The molecule has 5 rings (SSSR count). The molecule has 0 atom stereocenters. The van der Waals surface area contributed by atoms with Crippen molar-refractivity contribution in [3.8, 4) is 22.4 Å². The highest BCUT2D eigenvalue weighted by atomic mass is 14.8. The average molecular weight is 364 g/mol. The van der Waals surface area contributed by atoms with Crippen LogP contribution in [0.4, 0.5) is 0 Å². The van der Waals surface area contributed by atoms with E-state index in [1.807, 2.05) is 18.2 Å². The standard InChI is InChI=1S/C26H24N2/c1-16(2)24-25(28-22-15-8-7-14-21(22)27-24)18-11-9-13-20-23(18)17-10-5-6-12-19(17)26(20,3)4/h5-16H,1-4H3. The third-order valence-electron chi connectivity index (χ3n) is 6.01. The van der Waals surface area contributed by atoms with Gasteiger partial charge in [0.1, 0.15) is 0 Å². The number of rotatable bonds is 2. The van der Waals surface area contributed by atoms with Gasteiger partial charge >= 0.3 is 0 Å². The Labute approximate surface area is 166 Å². The first-order valence-corrected chi connectivity index (χ1v) is 9.99. The molecule has 0 unspecified atom stereocenters. The average Bonchev–Trinajstić information content (AvgIpc) is 2.95. The van der Waals surface area contributed by atoms with Gasteiger partial charge in [-0.3, -0.25) is 0 Å². The molecule has 0 spiro atoms. The second kappa shape index (κ2) is 6.00. The number of fused-ring (bicyclic) bond motifs is 4. The summed E-state index contributed by atoms with van der Waals surface area (Å²) in [5, 5.41) is 0. The van der Waals surface area contributed by atoms with Gasteiger partial charge in [-0.05, 0) is 40.3 Å². The Morgan fingerprint density at radius 1 is 0.679 bits per heavy atom. The number of hydrogen-bond acceptors (Lipinski definition) is 2. The molecule has 1 aliphatic carbocycles. The fraction of sp³-hybridized carbons (Fsp3) is 0.231. The van der Waals surface area contributed by atoms with Gasteiger partial charge in [0, 0.05) is 11.0 Å². The Balaban J connectivity index is 1.87. The number of hydrogen-bond donors (Lipinski definition) is 0. The van der Waals surface area contributed by atoms with Crippen molar-refractivity contribution in [2.75, 3.05) is 0 Å². The first-order valence-electron chi connectivity index (χ1n) is 9.99. The summed E-state index contributed by atoms with van der Waals surface area (Å²) in [6, 6.07) is 23.6. The maximum Gasteiger partial charge on any atom is 0.0934 e. The molecule has 0 saturated carbocycles. The van der Waals surface area contributed by atoms with Gasteiger partial charge in [-0.2, -0.15) is 0 Å². The van der Waals surface area contributed by atoms with Gasteiger partial charge in [-0.25, -0.2) is 9.97 Å². The third-order valence-corrected chi connectivity index (χ3v) is 6.01. The summed E-state index contributed by atoms with van der Waals surface area (Å²) in [5.74, 6) is 0.299. The summed E-state index contributed by atoms with van der Waals surface area (Å²) in [6.07, 6.45) is 0. The molecule has 0 bridgehead atoms. The highest BCUT2D eigenvalue weighted by Crippen LogP contribution is 2.52. The van der Waals surface area contributed by atoms with E-state index in [0.29, 0.717) is 5.92 Å². The van der Waals surface area contributed by atoms with Crippen molar-refractivity contribution in [1.29, 1.82) is 0 Å². The highest BCUT2D eigenvalue weighted by molar-refractivity contribution is 5.93. The topological polar surface area (TPSA) is 25.8 Å². The lowest BCUT2D eigenvalue weighted by molar-refractivity contribution is 0.660. The first kappa shape index (κ1) is 17.1. The van der Waals surface area contributed by atoms with Crippen LogP contribution >= 0.6 is 0 Å². The van der Waals surface area contributed by atoms with E-state index in [0.717, 1.165) is 22.4 Å². The Hall–Kier alpha value is -3.00. The SMILES string of the molecule is CC(C)c1nc2ccccc2nc1-c1cccc2c1-c1ccccc1C2(C)C. The molecule has 3 aromatic carbocycles. The van der Waals surface area contributed by atoms with Crippen molar-refractivity contribution < 1.29 is 0 Å². The van der Waals surface area contributed by atoms with Crippen LogP contribution in [0.5, 0.6) is 0 Å². The second-order valence-corrected chi connectivity index (χ2v) is 8.50. The van der Waals surface area contributed by atoms with Gasteiger partial charge in [-0.15, -0.1) is 0 Å². The lowest BCUT2D eigenvalue weighted by atomic mass is 9.82. The highest BCUT2D eigenvalue weighted by Gasteiger charge is 2.37. The van der Waals surface area contributed by atoms with Crippen LogP contribution in [-0.2, 0) is 5.41 Å². The predicted octanol–water partition coefficient (Wildman–Crippen LogP) is 6.73. The van der Waals surface area contributed by atoms with Crippen molar-refractivity contribution in [2.45, 2.75) is 39.0 Å². The van der Waals surface area contributed by atoms with E-state index in [-0.39, 0.29) is 5.41 Å².